The van der Waals surface area contributed by atoms with E-state index in [1.54, 1.807) is 42.1 Å². The molecule has 0 unspecified atom stereocenters. The Morgan fingerprint density at radius 2 is 1.85 bits per heavy atom. The summed E-state index contributed by atoms with van der Waals surface area (Å²) < 4.78 is 42.5. The van der Waals surface area contributed by atoms with Crippen molar-refractivity contribution in [3.63, 3.8) is 0 Å². The standard InChI is InChI=1S/C23H20F3N5O2S/c1-4-31-10-15(12(3)30-31)21(33)29-18-17-14(13-7-5-11(2)6-8-13)9-16(23(24,25)26)28-22(17)34-19(18)20(27)32/h5-10H,4H2,1-3H3,(H2,27,32)(H,29,33). The van der Waals surface area contributed by atoms with Gasteiger partial charge < -0.3 is 11.1 Å². The number of hydrogen-bond donors (Lipinski definition) is 2. The Labute approximate surface area is 196 Å². The number of nitrogens with zero attached hydrogens (tertiary/aromatic N) is 3. The van der Waals surface area contributed by atoms with Crippen LogP contribution in [0.1, 0.15) is 43.9 Å². The van der Waals surface area contributed by atoms with Gasteiger partial charge in [-0.1, -0.05) is 29.8 Å². The molecule has 0 fully saturated rings. The van der Waals surface area contributed by atoms with E-state index >= 15 is 0 Å². The van der Waals surface area contributed by atoms with Crippen molar-refractivity contribution in [1.82, 2.24) is 14.8 Å². The molecule has 3 aromatic heterocycles. The molecule has 1 aromatic carbocycles. The molecule has 7 nitrogen and oxygen atoms in total. The summed E-state index contributed by atoms with van der Waals surface area (Å²) >= 11 is 0.704. The van der Waals surface area contributed by atoms with Crippen LogP contribution in [0.2, 0.25) is 0 Å². The van der Waals surface area contributed by atoms with Crippen molar-refractivity contribution in [1.29, 1.82) is 0 Å². The third-order valence-corrected chi connectivity index (χ3v) is 6.39. The zero-order chi connectivity index (χ0) is 24.8. The molecule has 176 valence electrons. The number of anilines is 1. The van der Waals surface area contributed by atoms with E-state index in [0.717, 1.165) is 11.6 Å². The summed E-state index contributed by atoms with van der Waals surface area (Å²) in [5.74, 6) is -1.45. The summed E-state index contributed by atoms with van der Waals surface area (Å²) in [5.41, 5.74) is 6.77. The van der Waals surface area contributed by atoms with Crippen molar-refractivity contribution in [2.45, 2.75) is 33.5 Å². The highest BCUT2D eigenvalue weighted by atomic mass is 32.1. The molecule has 0 aliphatic carbocycles. The first-order chi connectivity index (χ1) is 16.0. The lowest BCUT2D eigenvalue weighted by atomic mass is 10.00. The Morgan fingerprint density at radius 3 is 2.41 bits per heavy atom. The quantitative estimate of drug-likeness (QED) is 0.406. The molecular weight excluding hydrogens is 467 g/mol. The lowest BCUT2D eigenvalue weighted by molar-refractivity contribution is -0.140. The fourth-order valence-corrected chi connectivity index (χ4v) is 4.59. The van der Waals surface area contributed by atoms with Gasteiger partial charge in [-0.15, -0.1) is 11.3 Å². The van der Waals surface area contributed by atoms with Gasteiger partial charge in [0.05, 0.1) is 16.9 Å². The number of amides is 2. The van der Waals surface area contributed by atoms with Crippen LogP contribution >= 0.6 is 11.3 Å². The Bertz CT molecular complexity index is 1420. The maximum Gasteiger partial charge on any atom is 0.433 e. The molecule has 3 N–H and O–H groups in total. The number of fused-ring (bicyclic) bond motifs is 1. The van der Waals surface area contributed by atoms with E-state index in [9.17, 15) is 22.8 Å². The van der Waals surface area contributed by atoms with Gasteiger partial charge in [0.15, 0.2) is 0 Å². The molecule has 0 radical (unpaired) electrons. The molecule has 4 aromatic rings. The SMILES string of the molecule is CCn1cc(C(=O)Nc2c(C(N)=O)sc3nc(C(F)(F)F)cc(-c4ccc(C)cc4)c23)c(C)n1. The summed E-state index contributed by atoms with van der Waals surface area (Å²) in [6.45, 7) is 5.93. The molecule has 2 amide bonds. The third kappa shape index (κ3) is 4.26. The largest absolute Gasteiger partial charge is 0.433 e. The predicted octanol–water partition coefficient (Wildman–Crippen LogP) is 5.17. The van der Waals surface area contributed by atoms with E-state index in [-0.39, 0.29) is 31.9 Å². The number of hydrogen-bond acceptors (Lipinski definition) is 5. The first-order valence-electron chi connectivity index (χ1n) is 10.3. The van der Waals surface area contributed by atoms with Crippen LogP contribution in [-0.4, -0.2) is 26.6 Å². The van der Waals surface area contributed by atoms with Crippen molar-refractivity contribution in [3.05, 3.63) is 63.9 Å². The Kier molecular flexibility index (Phi) is 5.90. The molecule has 0 spiro atoms. The summed E-state index contributed by atoms with van der Waals surface area (Å²) in [5, 5.41) is 7.14. The molecule has 3 heterocycles. The smallest absolute Gasteiger partial charge is 0.365 e. The first kappa shape index (κ1) is 23.4. The summed E-state index contributed by atoms with van der Waals surface area (Å²) in [7, 11) is 0. The number of pyridine rings is 1. The van der Waals surface area contributed by atoms with Crippen LogP contribution < -0.4 is 11.1 Å². The van der Waals surface area contributed by atoms with Crippen molar-refractivity contribution >= 4 is 39.1 Å². The number of nitrogens with one attached hydrogen (secondary N) is 1. The van der Waals surface area contributed by atoms with Gasteiger partial charge in [0, 0.05) is 18.1 Å². The normalized spacial score (nSPS) is 11.7. The first-order valence-corrected chi connectivity index (χ1v) is 11.1. The number of benzene rings is 1. The number of aryl methyl sites for hydroxylation is 3. The molecular formula is C23H20F3N5O2S. The fraction of sp³-hybridized carbons (Fsp3) is 0.217. The van der Waals surface area contributed by atoms with Crippen LogP contribution in [-0.2, 0) is 12.7 Å². The van der Waals surface area contributed by atoms with E-state index in [1.807, 2.05) is 13.8 Å². The lowest BCUT2D eigenvalue weighted by Gasteiger charge is -2.12. The summed E-state index contributed by atoms with van der Waals surface area (Å²) in [4.78, 5) is 28.9. The van der Waals surface area contributed by atoms with Crippen LogP contribution in [0.25, 0.3) is 21.3 Å². The monoisotopic (exact) mass is 487 g/mol. The average Bonchev–Trinajstić information content (AvgIpc) is 3.33. The molecule has 0 bridgehead atoms. The number of primary amides is 1. The number of nitrogens with two attached hydrogens (primary N) is 1. The van der Waals surface area contributed by atoms with Crippen LogP contribution in [0, 0.1) is 13.8 Å². The maximum absolute atomic E-state index is 13.6. The number of rotatable bonds is 5. The third-order valence-electron chi connectivity index (χ3n) is 5.29. The van der Waals surface area contributed by atoms with Crippen LogP contribution in [0.4, 0.5) is 18.9 Å². The number of carbonyl (C=O) groups excluding carboxylic acids is 2. The van der Waals surface area contributed by atoms with E-state index in [1.165, 1.54) is 0 Å². The second-order valence-electron chi connectivity index (χ2n) is 7.71. The van der Waals surface area contributed by atoms with Crippen molar-refractivity contribution in [2.24, 2.45) is 5.73 Å². The van der Waals surface area contributed by atoms with Crippen molar-refractivity contribution < 1.29 is 22.8 Å². The van der Waals surface area contributed by atoms with Gasteiger partial charge in [0.25, 0.3) is 11.8 Å². The minimum atomic E-state index is -4.71. The number of thiophene rings is 1. The van der Waals surface area contributed by atoms with Crippen LogP contribution in [0.15, 0.2) is 36.5 Å². The predicted molar refractivity (Wildman–Crippen MR) is 124 cm³/mol. The highest BCUT2D eigenvalue weighted by Gasteiger charge is 2.35. The van der Waals surface area contributed by atoms with Crippen LogP contribution in [0.3, 0.4) is 0 Å². The molecule has 0 aliphatic heterocycles. The van der Waals surface area contributed by atoms with E-state index in [2.05, 4.69) is 15.4 Å². The summed E-state index contributed by atoms with van der Waals surface area (Å²) in [6.07, 6.45) is -3.15. The number of carbonyl (C=O) groups is 2. The van der Waals surface area contributed by atoms with E-state index in [0.29, 0.717) is 29.1 Å². The highest BCUT2D eigenvalue weighted by Crippen LogP contribution is 2.43. The Balaban J connectivity index is 1.97. The Hall–Kier alpha value is -3.73. The molecule has 0 saturated heterocycles. The maximum atomic E-state index is 13.6. The molecule has 0 saturated carbocycles. The van der Waals surface area contributed by atoms with Gasteiger partial charge in [-0.2, -0.15) is 18.3 Å². The zero-order valence-electron chi connectivity index (χ0n) is 18.4. The van der Waals surface area contributed by atoms with Gasteiger partial charge in [-0.05, 0) is 38.0 Å². The highest BCUT2D eigenvalue weighted by molar-refractivity contribution is 7.21. The molecule has 34 heavy (non-hydrogen) atoms. The lowest BCUT2D eigenvalue weighted by Crippen LogP contribution is -2.17. The average molecular weight is 488 g/mol. The van der Waals surface area contributed by atoms with Gasteiger partial charge in [0.1, 0.15) is 15.4 Å². The second kappa shape index (κ2) is 8.56. The van der Waals surface area contributed by atoms with Crippen molar-refractivity contribution in [3.8, 4) is 11.1 Å². The fourth-order valence-electron chi connectivity index (χ4n) is 3.58. The molecule has 0 aliphatic rings. The number of alkyl halides is 3. The molecule has 0 atom stereocenters. The van der Waals surface area contributed by atoms with E-state index in [4.69, 9.17) is 5.73 Å². The van der Waals surface area contributed by atoms with Gasteiger partial charge >= 0.3 is 6.18 Å². The number of halogens is 3. The van der Waals surface area contributed by atoms with Gasteiger partial charge in [-0.3, -0.25) is 14.3 Å². The van der Waals surface area contributed by atoms with Gasteiger partial charge in [0.2, 0.25) is 0 Å². The van der Waals surface area contributed by atoms with E-state index < -0.39 is 23.7 Å². The topological polar surface area (TPSA) is 103 Å². The second-order valence-corrected chi connectivity index (χ2v) is 8.71. The minimum absolute atomic E-state index is 0.0259. The zero-order valence-corrected chi connectivity index (χ0v) is 19.3. The number of aromatic nitrogens is 3. The molecule has 11 heteroatoms. The Morgan fingerprint density at radius 1 is 1.18 bits per heavy atom. The van der Waals surface area contributed by atoms with Crippen molar-refractivity contribution in [2.75, 3.05) is 5.32 Å². The van der Waals surface area contributed by atoms with Crippen LogP contribution in [0.5, 0.6) is 0 Å². The minimum Gasteiger partial charge on any atom is -0.365 e. The van der Waals surface area contributed by atoms with Gasteiger partial charge in [-0.25, -0.2) is 4.98 Å². The summed E-state index contributed by atoms with van der Waals surface area (Å²) in [6, 6.07) is 7.79. The molecule has 4 rings (SSSR count).